The first kappa shape index (κ1) is 14.6. The lowest BCUT2D eigenvalue weighted by molar-refractivity contribution is 0.521. The van der Waals surface area contributed by atoms with Gasteiger partial charge in [-0.1, -0.05) is 55.9 Å². The minimum atomic E-state index is 0.380. The average Bonchev–Trinajstić information content (AvgIpc) is 2.96. The fourth-order valence-corrected chi connectivity index (χ4v) is 4.19. The molecule has 0 saturated carbocycles. The van der Waals surface area contributed by atoms with E-state index in [0.29, 0.717) is 11.3 Å². The van der Waals surface area contributed by atoms with Gasteiger partial charge in [-0.25, -0.2) is 4.98 Å². The van der Waals surface area contributed by atoms with Crippen LogP contribution in [0, 0.1) is 0 Å². The maximum absolute atomic E-state index is 4.39. The maximum Gasteiger partial charge on any atom is 0.150 e. The van der Waals surface area contributed by atoms with Crippen molar-refractivity contribution in [2.75, 3.05) is 6.54 Å². The number of nitrogens with zero attached hydrogens (tertiary/aromatic N) is 1. The Labute approximate surface area is 123 Å². The molecule has 0 saturated heterocycles. The number of thioether (sulfide) groups is 1. The summed E-state index contributed by atoms with van der Waals surface area (Å²) < 4.78 is 1.16. The normalized spacial score (nSPS) is 14.2. The molecule has 0 aliphatic rings. The Morgan fingerprint density at radius 3 is 2.63 bits per heavy atom. The zero-order valence-electron chi connectivity index (χ0n) is 11.4. The van der Waals surface area contributed by atoms with Crippen molar-refractivity contribution < 1.29 is 0 Å². The van der Waals surface area contributed by atoms with E-state index in [2.05, 4.69) is 54.5 Å². The largest absolute Gasteiger partial charge is 0.309 e. The molecule has 4 heteroatoms. The number of hydrogen-bond acceptors (Lipinski definition) is 4. The van der Waals surface area contributed by atoms with Gasteiger partial charge in [0.05, 0.1) is 0 Å². The molecule has 2 unspecified atom stereocenters. The fraction of sp³-hybridized carbons (Fsp3) is 0.400. The van der Waals surface area contributed by atoms with Crippen LogP contribution in [0.4, 0.5) is 0 Å². The first-order valence-corrected chi connectivity index (χ1v) is 8.45. The molecule has 2 rings (SSSR count). The van der Waals surface area contributed by atoms with Crippen LogP contribution in [0.15, 0.2) is 46.2 Å². The summed E-state index contributed by atoms with van der Waals surface area (Å²) >= 11 is 3.60. The van der Waals surface area contributed by atoms with Crippen molar-refractivity contribution in [3.8, 4) is 0 Å². The summed E-state index contributed by atoms with van der Waals surface area (Å²) in [5.41, 5.74) is 1.36. The first-order chi connectivity index (χ1) is 9.35. The summed E-state index contributed by atoms with van der Waals surface area (Å²) in [6.45, 7) is 5.39. The molecule has 2 aromatic rings. The third-order valence-electron chi connectivity index (χ3n) is 3.02. The van der Waals surface area contributed by atoms with E-state index < -0.39 is 0 Å². The number of nitrogens with one attached hydrogen (secondary N) is 1. The van der Waals surface area contributed by atoms with Gasteiger partial charge in [0, 0.05) is 22.9 Å². The molecule has 0 aliphatic carbocycles. The van der Waals surface area contributed by atoms with Gasteiger partial charge < -0.3 is 5.32 Å². The van der Waals surface area contributed by atoms with Gasteiger partial charge in [0.2, 0.25) is 0 Å². The molecule has 19 heavy (non-hydrogen) atoms. The zero-order chi connectivity index (χ0) is 13.5. The molecule has 0 fully saturated rings. The Morgan fingerprint density at radius 1 is 1.26 bits per heavy atom. The lowest BCUT2D eigenvalue weighted by Gasteiger charge is -2.26. The van der Waals surface area contributed by atoms with E-state index >= 15 is 0 Å². The number of benzene rings is 1. The summed E-state index contributed by atoms with van der Waals surface area (Å²) in [4.78, 5) is 4.39. The zero-order valence-corrected chi connectivity index (χ0v) is 13.0. The second-order valence-corrected chi connectivity index (χ2v) is 6.69. The van der Waals surface area contributed by atoms with E-state index in [0.717, 1.165) is 17.3 Å². The highest BCUT2D eigenvalue weighted by Gasteiger charge is 2.22. The van der Waals surface area contributed by atoms with Crippen LogP contribution >= 0.6 is 23.1 Å². The van der Waals surface area contributed by atoms with E-state index in [1.54, 1.807) is 11.3 Å². The van der Waals surface area contributed by atoms with Gasteiger partial charge in [-0.3, -0.25) is 0 Å². The molecule has 1 aromatic carbocycles. The van der Waals surface area contributed by atoms with Gasteiger partial charge in [0.1, 0.15) is 4.34 Å². The Morgan fingerprint density at radius 2 is 2.05 bits per heavy atom. The standard InChI is InChI=1S/C15H20N2S2/c1-3-13(19-15-17-10-11-18-15)14(16-4-2)12-8-6-5-7-9-12/h5-11,13-14,16H,3-4H2,1-2H3. The van der Waals surface area contributed by atoms with Crippen molar-refractivity contribution in [1.29, 1.82) is 0 Å². The average molecular weight is 292 g/mol. The SMILES string of the molecule is CCNC(c1ccccc1)C(CC)Sc1nccs1. The van der Waals surface area contributed by atoms with Crippen molar-refractivity contribution in [2.45, 2.75) is 35.9 Å². The summed E-state index contributed by atoms with van der Waals surface area (Å²) in [6.07, 6.45) is 3.00. The molecule has 2 nitrogen and oxygen atoms in total. The van der Waals surface area contributed by atoms with Crippen molar-refractivity contribution in [1.82, 2.24) is 10.3 Å². The van der Waals surface area contributed by atoms with E-state index in [9.17, 15) is 0 Å². The Hall–Kier alpha value is -0.840. The highest BCUT2D eigenvalue weighted by Crippen LogP contribution is 2.35. The summed E-state index contributed by atoms with van der Waals surface area (Å²) in [5.74, 6) is 0. The molecule has 102 valence electrons. The molecule has 0 bridgehead atoms. The lowest BCUT2D eigenvalue weighted by atomic mass is 10.0. The molecule has 1 aromatic heterocycles. The van der Waals surface area contributed by atoms with Crippen LogP contribution in [0.1, 0.15) is 31.9 Å². The van der Waals surface area contributed by atoms with Crippen molar-refractivity contribution in [3.05, 3.63) is 47.5 Å². The molecule has 0 amide bonds. The summed E-state index contributed by atoms with van der Waals surface area (Å²) in [7, 11) is 0. The van der Waals surface area contributed by atoms with Gasteiger partial charge in [-0.15, -0.1) is 11.3 Å². The second kappa shape index (κ2) is 7.68. The topological polar surface area (TPSA) is 24.9 Å². The molecular formula is C15H20N2S2. The van der Waals surface area contributed by atoms with Gasteiger partial charge in [-0.2, -0.15) is 0 Å². The number of rotatable bonds is 7. The highest BCUT2D eigenvalue weighted by molar-refractivity contribution is 8.01. The van der Waals surface area contributed by atoms with E-state index in [1.165, 1.54) is 5.56 Å². The molecule has 0 aliphatic heterocycles. The maximum atomic E-state index is 4.39. The Balaban J connectivity index is 2.16. The van der Waals surface area contributed by atoms with E-state index in [-0.39, 0.29) is 0 Å². The van der Waals surface area contributed by atoms with Gasteiger partial charge in [0.15, 0.2) is 0 Å². The van der Waals surface area contributed by atoms with Gasteiger partial charge in [-0.05, 0) is 18.5 Å². The molecule has 1 heterocycles. The Kier molecular flexibility index (Phi) is 5.89. The van der Waals surface area contributed by atoms with Crippen LogP contribution in [0.5, 0.6) is 0 Å². The molecule has 2 atom stereocenters. The molecule has 1 N–H and O–H groups in total. The van der Waals surface area contributed by atoms with E-state index in [4.69, 9.17) is 0 Å². The van der Waals surface area contributed by atoms with Crippen LogP contribution in [-0.4, -0.2) is 16.8 Å². The second-order valence-electron chi connectivity index (χ2n) is 4.31. The predicted molar refractivity (Wildman–Crippen MR) is 84.9 cm³/mol. The molecule has 0 radical (unpaired) electrons. The van der Waals surface area contributed by atoms with Gasteiger partial charge in [0.25, 0.3) is 0 Å². The van der Waals surface area contributed by atoms with Crippen LogP contribution in [0.25, 0.3) is 0 Å². The lowest BCUT2D eigenvalue weighted by Crippen LogP contribution is -2.29. The third kappa shape index (κ3) is 4.06. The monoisotopic (exact) mass is 292 g/mol. The Bertz CT molecular complexity index is 456. The van der Waals surface area contributed by atoms with Crippen LogP contribution in [0.2, 0.25) is 0 Å². The molecular weight excluding hydrogens is 272 g/mol. The van der Waals surface area contributed by atoms with E-state index in [1.807, 2.05) is 23.3 Å². The van der Waals surface area contributed by atoms with Crippen LogP contribution < -0.4 is 5.32 Å². The quantitative estimate of drug-likeness (QED) is 0.767. The van der Waals surface area contributed by atoms with Crippen molar-refractivity contribution in [3.63, 3.8) is 0 Å². The highest BCUT2D eigenvalue weighted by atomic mass is 32.2. The van der Waals surface area contributed by atoms with Gasteiger partial charge >= 0.3 is 0 Å². The fourth-order valence-electron chi connectivity index (χ4n) is 2.13. The van der Waals surface area contributed by atoms with Crippen LogP contribution in [-0.2, 0) is 0 Å². The minimum Gasteiger partial charge on any atom is -0.309 e. The molecule has 0 spiro atoms. The van der Waals surface area contributed by atoms with Crippen molar-refractivity contribution >= 4 is 23.1 Å². The first-order valence-electron chi connectivity index (χ1n) is 6.69. The van der Waals surface area contributed by atoms with Crippen molar-refractivity contribution in [2.24, 2.45) is 0 Å². The number of aromatic nitrogens is 1. The number of hydrogen-bond donors (Lipinski definition) is 1. The smallest absolute Gasteiger partial charge is 0.150 e. The number of thiazole rings is 1. The summed E-state index contributed by atoms with van der Waals surface area (Å²) in [5, 5.41) is 6.17. The minimum absolute atomic E-state index is 0.380. The van der Waals surface area contributed by atoms with Crippen LogP contribution in [0.3, 0.4) is 0 Å². The summed E-state index contributed by atoms with van der Waals surface area (Å²) in [6, 6.07) is 11.1. The third-order valence-corrected chi connectivity index (χ3v) is 5.38. The predicted octanol–water partition coefficient (Wildman–Crippen LogP) is 4.36.